The summed E-state index contributed by atoms with van der Waals surface area (Å²) in [6, 6.07) is 10.1. The Kier molecular flexibility index (Phi) is 2.97. The van der Waals surface area contributed by atoms with Gasteiger partial charge in [-0.3, -0.25) is 4.79 Å². The Morgan fingerprint density at radius 2 is 2.19 bits per heavy atom. The van der Waals surface area contributed by atoms with Gasteiger partial charge in [0.25, 0.3) is 0 Å². The minimum absolute atomic E-state index is 0.211. The van der Waals surface area contributed by atoms with Crippen LogP contribution >= 0.6 is 0 Å². The maximum atomic E-state index is 11.6. The third kappa shape index (κ3) is 1.83. The number of ether oxygens (including phenoxy) is 1. The summed E-state index contributed by atoms with van der Waals surface area (Å²) in [7, 11) is 1.40. The minimum Gasteiger partial charge on any atom is -0.468 e. The summed E-state index contributed by atoms with van der Waals surface area (Å²) >= 11 is 0. The number of benzene rings is 1. The van der Waals surface area contributed by atoms with E-state index in [2.05, 4.69) is 12.1 Å². The van der Waals surface area contributed by atoms with Crippen molar-refractivity contribution in [1.82, 2.24) is 0 Å². The van der Waals surface area contributed by atoms with Crippen LogP contribution in [0.25, 0.3) is 0 Å². The Hall–Kier alpha value is -1.35. The molecule has 0 aliphatic heterocycles. The molecule has 3 heteroatoms. The van der Waals surface area contributed by atoms with Crippen LogP contribution in [0.3, 0.4) is 0 Å². The molecule has 2 atom stereocenters. The van der Waals surface area contributed by atoms with Gasteiger partial charge in [-0.25, -0.2) is 0 Å². The van der Waals surface area contributed by atoms with Crippen molar-refractivity contribution in [3.05, 3.63) is 35.9 Å². The minimum atomic E-state index is -0.759. The molecule has 0 aromatic heterocycles. The van der Waals surface area contributed by atoms with Crippen LogP contribution in [0.4, 0.5) is 0 Å². The third-order valence-electron chi connectivity index (χ3n) is 3.53. The Labute approximate surface area is 95.6 Å². The molecular weight excluding hydrogens is 202 g/mol. The quantitative estimate of drug-likeness (QED) is 0.784. The highest BCUT2D eigenvalue weighted by molar-refractivity contribution is 5.82. The highest BCUT2D eigenvalue weighted by Crippen LogP contribution is 2.39. The summed E-state index contributed by atoms with van der Waals surface area (Å²) in [6.45, 7) is 0. The van der Waals surface area contributed by atoms with Gasteiger partial charge in [0, 0.05) is 0 Å². The summed E-state index contributed by atoms with van der Waals surface area (Å²) in [5.74, 6) is -0.0676. The third-order valence-corrected chi connectivity index (χ3v) is 3.53. The van der Waals surface area contributed by atoms with E-state index >= 15 is 0 Å². The number of nitrogens with two attached hydrogens (primary N) is 1. The summed E-state index contributed by atoms with van der Waals surface area (Å²) in [4.78, 5) is 11.6. The van der Waals surface area contributed by atoms with Crippen LogP contribution in [0, 0.1) is 5.92 Å². The molecule has 0 unspecified atom stereocenters. The molecular formula is C13H17NO2. The molecule has 1 aromatic carbocycles. The van der Waals surface area contributed by atoms with Crippen LogP contribution in [0.1, 0.15) is 18.4 Å². The van der Waals surface area contributed by atoms with Gasteiger partial charge in [0.15, 0.2) is 0 Å². The van der Waals surface area contributed by atoms with Crippen LogP contribution in [-0.2, 0) is 16.0 Å². The number of rotatable bonds is 3. The molecule has 1 aromatic rings. The number of methoxy groups -OCH3 is 1. The van der Waals surface area contributed by atoms with Crippen LogP contribution in [0.5, 0.6) is 0 Å². The first-order valence-corrected chi connectivity index (χ1v) is 5.58. The summed E-state index contributed by atoms with van der Waals surface area (Å²) in [6.07, 6.45) is 2.59. The van der Waals surface area contributed by atoms with Crippen molar-refractivity contribution >= 4 is 5.97 Å². The zero-order valence-corrected chi connectivity index (χ0v) is 9.48. The predicted molar refractivity (Wildman–Crippen MR) is 61.8 cm³/mol. The Morgan fingerprint density at radius 3 is 2.69 bits per heavy atom. The van der Waals surface area contributed by atoms with Gasteiger partial charge >= 0.3 is 5.97 Å². The smallest absolute Gasteiger partial charge is 0.326 e. The van der Waals surface area contributed by atoms with E-state index in [0.29, 0.717) is 0 Å². The number of carbonyl (C=O) groups excluding carboxylic acids is 1. The fourth-order valence-corrected chi connectivity index (χ4v) is 2.30. The molecule has 0 heterocycles. The van der Waals surface area contributed by atoms with Gasteiger partial charge in [-0.05, 0) is 30.7 Å². The van der Waals surface area contributed by atoms with E-state index < -0.39 is 5.54 Å². The molecule has 0 amide bonds. The van der Waals surface area contributed by atoms with Crippen molar-refractivity contribution in [3.63, 3.8) is 0 Å². The van der Waals surface area contributed by atoms with E-state index in [1.807, 2.05) is 18.2 Å². The lowest BCUT2D eigenvalue weighted by Crippen LogP contribution is -2.61. The first-order valence-electron chi connectivity index (χ1n) is 5.58. The lowest BCUT2D eigenvalue weighted by atomic mass is 9.65. The van der Waals surface area contributed by atoms with E-state index in [1.165, 1.54) is 12.7 Å². The van der Waals surface area contributed by atoms with Gasteiger partial charge in [-0.1, -0.05) is 30.3 Å². The molecule has 2 rings (SSSR count). The maximum Gasteiger partial charge on any atom is 0.326 e. The highest BCUT2D eigenvalue weighted by atomic mass is 16.5. The van der Waals surface area contributed by atoms with Crippen LogP contribution in [0.15, 0.2) is 30.3 Å². The molecule has 3 nitrogen and oxygen atoms in total. The van der Waals surface area contributed by atoms with E-state index in [4.69, 9.17) is 10.5 Å². The van der Waals surface area contributed by atoms with Crippen molar-refractivity contribution in [1.29, 1.82) is 0 Å². The molecule has 86 valence electrons. The molecule has 2 N–H and O–H groups in total. The van der Waals surface area contributed by atoms with E-state index in [0.717, 1.165) is 19.3 Å². The lowest BCUT2D eigenvalue weighted by Gasteiger charge is -2.44. The van der Waals surface area contributed by atoms with Gasteiger partial charge in [0.2, 0.25) is 0 Å². The largest absolute Gasteiger partial charge is 0.468 e. The van der Waals surface area contributed by atoms with Crippen molar-refractivity contribution in [2.24, 2.45) is 11.7 Å². The van der Waals surface area contributed by atoms with Crippen molar-refractivity contribution in [2.45, 2.75) is 24.8 Å². The fourth-order valence-electron chi connectivity index (χ4n) is 2.30. The second kappa shape index (κ2) is 4.26. The van der Waals surface area contributed by atoms with E-state index in [-0.39, 0.29) is 11.9 Å². The Balaban J connectivity index is 2.05. The molecule has 16 heavy (non-hydrogen) atoms. The molecule has 0 saturated heterocycles. The molecule has 1 saturated carbocycles. The first kappa shape index (κ1) is 11.1. The number of carbonyl (C=O) groups is 1. The summed E-state index contributed by atoms with van der Waals surface area (Å²) in [5.41, 5.74) is 6.54. The van der Waals surface area contributed by atoms with Crippen LogP contribution < -0.4 is 5.73 Å². The summed E-state index contributed by atoms with van der Waals surface area (Å²) < 4.78 is 4.76. The zero-order chi connectivity index (χ0) is 11.6. The lowest BCUT2D eigenvalue weighted by molar-refractivity contribution is -0.154. The first-order chi connectivity index (χ1) is 7.66. The molecule has 0 bridgehead atoms. The molecule has 0 spiro atoms. The monoisotopic (exact) mass is 219 g/mol. The van der Waals surface area contributed by atoms with E-state index in [1.54, 1.807) is 0 Å². The molecule has 1 aliphatic rings. The molecule has 1 aliphatic carbocycles. The maximum absolute atomic E-state index is 11.6. The van der Waals surface area contributed by atoms with Crippen LogP contribution in [-0.4, -0.2) is 18.6 Å². The second-order valence-electron chi connectivity index (χ2n) is 4.46. The average molecular weight is 219 g/mol. The van der Waals surface area contributed by atoms with Crippen molar-refractivity contribution in [3.8, 4) is 0 Å². The van der Waals surface area contributed by atoms with Gasteiger partial charge in [0.05, 0.1) is 7.11 Å². The molecule has 0 radical (unpaired) electrons. The van der Waals surface area contributed by atoms with E-state index in [9.17, 15) is 4.79 Å². The zero-order valence-electron chi connectivity index (χ0n) is 9.48. The fraction of sp³-hybridized carbons (Fsp3) is 0.462. The Morgan fingerprint density at radius 1 is 1.50 bits per heavy atom. The number of hydrogen-bond donors (Lipinski definition) is 1. The van der Waals surface area contributed by atoms with Crippen LogP contribution in [0.2, 0.25) is 0 Å². The highest BCUT2D eigenvalue weighted by Gasteiger charge is 2.50. The standard InChI is InChI=1S/C13H17NO2/c1-16-12(15)13(14)8-7-11(13)9-10-5-3-2-4-6-10/h2-6,11H,7-9,14H2,1H3/t11-,13-/m0/s1. The normalized spacial score (nSPS) is 28.2. The number of esters is 1. The van der Waals surface area contributed by atoms with Crippen molar-refractivity contribution < 1.29 is 9.53 Å². The van der Waals surface area contributed by atoms with Gasteiger partial charge in [-0.15, -0.1) is 0 Å². The SMILES string of the molecule is COC(=O)[C@]1(N)CC[C@H]1Cc1ccccc1. The van der Waals surface area contributed by atoms with Gasteiger partial charge in [-0.2, -0.15) is 0 Å². The predicted octanol–water partition coefficient (Wildman–Crippen LogP) is 1.51. The topological polar surface area (TPSA) is 52.3 Å². The average Bonchev–Trinajstić information content (AvgIpc) is 2.34. The molecule has 1 fully saturated rings. The van der Waals surface area contributed by atoms with Gasteiger partial charge in [0.1, 0.15) is 5.54 Å². The van der Waals surface area contributed by atoms with Gasteiger partial charge < -0.3 is 10.5 Å². The summed E-state index contributed by atoms with van der Waals surface area (Å²) in [5, 5.41) is 0. The number of hydrogen-bond acceptors (Lipinski definition) is 3. The Bertz CT molecular complexity index is 377. The second-order valence-corrected chi connectivity index (χ2v) is 4.46. The van der Waals surface area contributed by atoms with Crippen molar-refractivity contribution in [2.75, 3.05) is 7.11 Å².